The molecular formula is C26H21N3O3S. The first-order valence-electron chi connectivity index (χ1n) is 10.4. The molecule has 33 heavy (non-hydrogen) atoms. The van der Waals surface area contributed by atoms with Crippen LogP contribution in [0, 0.1) is 0 Å². The number of methoxy groups -OCH3 is 2. The lowest BCUT2D eigenvalue weighted by atomic mass is 9.96. The number of aromatic nitrogens is 1. The Morgan fingerprint density at radius 3 is 2.33 bits per heavy atom. The third-order valence-electron chi connectivity index (χ3n) is 5.51. The van der Waals surface area contributed by atoms with Crippen LogP contribution in [-0.2, 0) is 0 Å². The Hall–Kier alpha value is -3.97. The average molecular weight is 456 g/mol. The van der Waals surface area contributed by atoms with Gasteiger partial charge in [0.05, 0.1) is 24.5 Å². The van der Waals surface area contributed by atoms with E-state index in [-0.39, 0.29) is 11.6 Å². The third-order valence-corrected chi connectivity index (χ3v) is 6.48. The van der Waals surface area contributed by atoms with E-state index in [4.69, 9.17) is 9.47 Å². The molecule has 0 radical (unpaired) electrons. The monoisotopic (exact) mass is 455 g/mol. The van der Waals surface area contributed by atoms with Gasteiger partial charge in [-0.3, -0.25) is 9.36 Å². The Morgan fingerprint density at radius 1 is 0.909 bits per heavy atom. The van der Waals surface area contributed by atoms with Gasteiger partial charge in [-0.25, -0.2) is 0 Å². The minimum Gasteiger partial charge on any atom is -0.497 e. The Labute approximate surface area is 194 Å². The van der Waals surface area contributed by atoms with Crippen molar-refractivity contribution in [1.82, 2.24) is 4.57 Å². The van der Waals surface area contributed by atoms with Gasteiger partial charge >= 0.3 is 0 Å². The number of benzene rings is 3. The molecule has 1 aliphatic heterocycles. The smallest absolute Gasteiger partial charge is 0.271 e. The fourth-order valence-electron chi connectivity index (χ4n) is 3.90. The maximum Gasteiger partial charge on any atom is 0.271 e. The molecule has 0 bridgehead atoms. The number of hydrogen-bond donors (Lipinski definition) is 0. The number of rotatable bonds is 5. The van der Waals surface area contributed by atoms with E-state index in [0.29, 0.717) is 20.8 Å². The van der Waals surface area contributed by atoms with Crippen molar-refractivity contribution in [3.8, 4) is 11.5 Å². The molecule has 1 aromatic heterocycles. The van der Waals surface area contributed by atoms with E-state index in [1.54, 1.807) is 24.9 Å². The molecule has 0 amide bonds. The molecule has 0 saturated heterocycles. The molecule has 0 N–H and O–H groups in total. The number of thiazole rings is 1. The average Bonchev–Trinajstić information content (AvgIpc) is 3.19. The molecule has 0 saturated carbocycles. The quantitative estimate of drug-likeness (QED) is 0.463. The number of nitrogens with zero attached hydrogens (tertiary/aromatic N) is 3. The lowest BCUT2D eigenvalue weighted by Gasteiger charge is -2.22. The van der Waals surface area contributed by atoms with Gasteiger partial charge in [-0.15, -0.1) is 10.2 Å². The van der Waals surface area contributed by atoms with Crippen LogP contribution in [0.3, 0.4) is 0 Å². The molecule has 0 aliphatic carbocycles. The zero-order valence-electron chi connectivity index (χ0n) is 18.1. The lowest BCUT2D eigenvalue weighted by molar-refractivity contribution is 0.393. The van der Waals surface area contributed by atoms with Gasteiger partial charge in [-0.05, 0) is 23.8 Å². The van der Waals surface area contributed by atoms with Gasteiger partial charge in [-0.1, -0.05) is 72.0 Å². The molecule has 1 unspecified atom stereocenters. The second kappa shape index (κ2) is 8.88. The van der Waals surface area contributed by atoms with Crippen LogP contribution in [0.5, 0.6) is 11.5 Å². The first-order valence-corrected chi connectivity index (χ1v) is 11.2. The van der Waals surface area contributed by atoms with Gasteiger partial charge in [0.15, 0.2) is 0 Å². The minimum absolute atomic E-state index is 0.117. The van der Waals surface area contributed by atoms with Crippen molar-refractivity contribution in [2.75, 3.05) is 14.2 Å². The maximum absolute atomic E-state index is 13.7. The summed E-state index contributed by atoms with van der Waals surface area (Å²) in [6.45, 7) is 0. The summed E-state index contributed by atoms with van der Waals surface area (Å²) in [7, 11) is 3.20. The summed E-state index contributed by atoms with van der Waals surface area (Å²) in [5.74, 6) is 1.31. The fourth-order valence-corrected chi connectivity index (χ4v) is 4.84. The highest BCUT2D eigenvalue weighted by molar-refractivity contribution is 7.07. The van der Waals surface area contributed by atoms with Crippen molar-refractivity contribution >= 4 is 23.1 Å². The van der Waals surface area contributed by atoms with E-state index in [1.807, 2.05) is 78.9 Å². The predicted octanol–water partition coefficient (Wildman–Crippen LogP) is 3.38. The number of fused-ring (bicyclic) bond motifs is 1. The molecule has 5 rings (SSSR count). The molecule has 4 aromatic rings. The van der Waals surface area contributed by atoms with E-state index in [9.17, 15) is 4.79 Å². The van der Waals surface area contributed by atoms with Crippen molar-refractivity contribution in [1.29, 1.82) is 0 Å². The Morgan fingerprint density at radius 2 is 1.64 bits per heavy atom. The van der Waals surface area contributed by atoms with Crippen molar-refractivity contribution in [2.45, 2.75) is 6.04 Å². The van der Waals surface area contributed by atoms with Gasteiger partial charge in [0.2, 0.25) is 4.80 Å². The summed E-state index contributed by atoms with van der Waals surface area (Å²) < 4.78 is 13.1. The highest BCUT2D eigenvalue weighted by Crippen LogP contribution is 2.26. The highest BCUT2D eigenvalue weighted by Gasteiger charge is 2.28. The van der Waals surface area contributed by atoms with Gasteiger partial charge < -0.3 is 9.47 Å². The topological polar surface area (TPSA) is 65.2 Å². The van der Waals surface area contributed by atoms with Gasteiger partial charge in [0, 0.05) is 17.2 Å². The second-order valence-electron chi connectivity index (χ2n) is 7.44. The highest BCUT2D eigenvalue weighted by atomic mass is 32.1. The van der Waals surface area contributed by atoms with Crippen LogP contribution in [-0.4, -0.2) is 24.5 Å². The Bertz CT molecular complexity index is 1510. The molecule has 6 nitrogen and oxygen atoms in total. The minimum atomic E-state index is -0.371. The lowest BCUT2D eigenvalue weighted by Crippen LogP contribution is -2.40. The summed E-state index contributed by atoms with van der Waals surface area (Å²) in [6, 6.07) is 24.9. The third kappa shape index (κ3) is 3.87. The number of ether oxygens (including phenoxy) is 2. The van der Waals surface area contributed by atoms with E-state index >= 15 is 0 Å². The predicted molar refractivity (Wildman–Crippen MR) is 130 cm³/mol. The molecule has 1 aliphatic rings. The van der Waals surface area contributed by atoms with Crippen LogP contribution < -0.4 is 24.4 Å². The van der Waals surface area contributed by atoms with Crippen molar-refractivity contribution in [3.05, 3.63) is 115 Å². The van der Waals surface area contributed by atoms with E-state index < -0.39 is 0 Å². The largest absolute Gasteiger partial charge is 0.497 e. The van der Waals surface area contributed by atoms with Crippen LogP contribution >= 0.6 is 11.3 Å². The Kier molecular flexibility index (Phi) is 5.62. The summed E-state index contributed by atoms with van der Waals surface area (Å²) in [5, 5.41) is 8.97. The molecule has 7 heteroatoms. The SMILES string of the molecule is COc1ccc(C=c2sc3n(c2=O)C(c2ccccc2)C(c2ccccc2)=NN=3)c(OC)c1. The van der Waals surface area contributed by atoms with Crippen molar-refractivity contribution in [3.63, 3.8) is 0 Å². The van der Waals surface area contributed by atoms with Crippen LogP contribution in [0.15, 0.2) is 93.9 Å². The summed E-state index contributed by atoms with van der Waals surface area (Å²) in [4.78, 5) is 14.2. The van der Waals surface area contributed by atoms with Crippen molar-refractivity contribution < 1.29 is 9.47 Å². The summed E-state index contributed by atoms with van der Waals surface area (Å²) in [6.07, 6.45) is 1.83. The molecule has 2 heterocycles. The molecule has 3 aromatic carbocycles. The van der Waals surface area contributed by atoms with E-state index in [2.05, 4.69) is 10.2 Å². The molecular weight excluding hydrogens is 434 g/mol. The van der Waals surface area contributed by atoms with Crippen LogP contribution in [0.1, 0.15) is 22.7 Å². The maximum atomic E-state index is 13.7. The van der Waals surface area contributed by atoms with Crippen molar-refractivity contribution in [2.24, 2.45) is 10.2 Å². The second-order valence-corrected chi connectivity index (χ2v) is 8.45. The molecule has 0 spiro atoms. The normalized spacial score (nSPS) is 15.4. The van der Waals surface area contributed by atoms with E-state index in [0.717, 1.165) is 22.4 Å². The summed E-state index contributed by atoms with van der Waals surface area (Å²) in [5.41, 5.74) is 3.32. The van der Waals surface area contributed by atoms with Crippen LogP contribution in [0.2, 0.25) is 0 Å². The van der Waals surface area contributed by atoms with Gasteiger partial charge in [-0.2, -0.15) is 0 Å². The van der Waals surface area contributed by atoms with Gasteiger partial charge in [0.25, 0.3) is 5.56 Å². The number of hydrogen-bond acceptors (Lipinski definition) is 6. The zero-order valence-corrected chi connectivity index (χ0v) is 19.0. The van der Waals surface area contributed by atoms with Gasteiger partial charge in [0.1, 0.15) is 17.5 Å². The fraction of sp³-hybridized carbons (Fsp3) is 0.115. The van der Waals surface area contributed by atoms with Crippen LogP contribution in [0.4, 0.5) is 0 Å². The van der Waals surface area contributed by atoms with Crippen LogP contribution in [0.25, 0.3) is 6.08 Å². The molecule has 1 atom stereocenters. The standard InChI is InChI=1S/C26H21N3O3S/c1-31-20-14-13-19(21(16-20)32-2)15-22-25(30)29-24(18-11-7-4-8-12-18)23(27-28-26(29)33-22)17-9-5-3-6-10-17/h3-16,24H,1-2H3. The Balaban J connectivity index is 1.70. The first kappa shape index (κ1) is 20.9. The molecule has 0 fully saturated rings. The summed E-state index contributed by atoms with van der Waals surface area (Å²) >= 11 is 1.32. The first-order chi connectivity index (χ1) is 16.2. The molecule has 164 valence electrons. The van der Waals surface area contributed by atoms with E-state index in [1.165, 1.54) is 11.3 Å². The zero-order chi connectivity index (χ0) is 22.8.